The van der Waals surface area contributed by atoms with Crippen LogP contribution in [0.2, 0.25) is 5.15 Å². The van der Waals surface area contributed by atoms with Crippen LogP contribution in [-0.2, 0) is 12.5 Å². The first kappa shape index (κ1) is 12.1. The fourth-order valence-corrected chi connectivity index (χ4v) is 2.51. The van der Waals surface area contributed by atoms with Gasteiger partial charge in [0, 0.05) is 12.5 Å². The Kier molecular flexibility index (Phi) is 2.41. The van der Waals surface area contributed by atoms with Crippen LogP contribution < -0.4 is 10.1 Å². The molecule has 0 radical (unpaired) electrons. The van der Waals surface area contributed by atoms with Crippen molar-refractivity contribution in [3.63, 3.8) is 0 Å². The summed E-state index contributed by atoms with van der Waals surface area (Å²) in [6, 6.07) is 3.94. The number of rotatable bonds is 1. The Morgan fingerprint density at radius 2 is 2.26 bits per heavy atom. The standard InChI is InChI=1S/C13H11ClN4O/c1-7-16-11-8(10(14)18(7)2)5-9(12(19)17-11)13(6-15)3-4-13/h5H,3-4H2,1-2H3/p+1. The third kappa shape index (κ3) is 1.64. The summed E-state index contributed by atoms with van der Waals surface area (Å²) in [4.78, 5) is 19.1. The van der Waals surface area contributed by atoms with Gasteiger partial charge in [0.15, 0.2) is 0 Å². The minimum Gasteiger partial charge on any atom is -0.285 e. The van der Waals surface area contributed by atoms with E-state index in [0.717, 1.165) is 12.8 Å². The number of nitrogens with zero attached hydrogens (tertiary/aromatic N) is 3. The van der Waals surface area contributed by atoms with Crippen LogP contribution in [0.25, 0.3) is 11.0 Å². The monoisotopic (exact) mass is 275 g/mol. The van der Waals surface area contributed by atoms with E-state index in [2.05, 4.69) is 16.0 Å². The molecular weight excluding hydrogens is 264 g/mol. The highest BCUT2D eigenvalue weighted by Crippen LogP contribution is 2.46. The first-order chi connectivity index (χ1) is 8.98. The Bertz CT molecular complexity index is 799. The largest absolute Gasteiger partial charge is 0.298 e. The summed E-state index contributed by atoms with van der Waals surface area (Å²) < 4.78 is 1.75. The number of nitrogens with one attached hydrogen (secondary N) is 1. The molecule has 96 valence electrons. The van der Waals surface area contributed by atoms with Gasteiger partial charge in [-0.2, -0.15) is 5.26 Å². The van der Waals surface area contributed by atoms with Crippen molar-refractivity contribution in [3.05, 3.63) is 33.0 Å². The molecule has 19 heavy (non-hydrogen) atoms. The fraction of sp³-hybridized carbons (Fsp3) is 0.385. The van der Waals surface area contributed by atoms with Crippen LogP contribution in [0.4, 0.5) is 0 Å². The van der Waals surface area contributed by atoms with Crippen molar-refractivity contribution in [2.24, 2.45) is 7.05 Å². The number of aromatic nitrogens is 3. The van der Waals surface area contributed by atoms with E-state index in [0.29, 0.717) is 27.6 Å². The van der Waals surface area contributed by atoms with Crippen molar-refractivity contribution < 1.29 is 4.57 Å². The minimum atomic E-state index is -0.630. The molecule has 1 aliphatic carbocycles. The Labute approximate surface area is 114 Å². The predicted molar refractivity (Wildman–Crippen MR) is 69.8 cm³/mol. The van der Waals surface area contributed by atoms with E-state index in [9.17, 15) is 10.1 Å². The topological polar surface area (TPSA) is 73.4 Å². The van der Waals surface area contributed by atoms with E-state index in [1.165, 1.54) is 0 Å². The molecular formula is C13H12ClN4O+. The summed E-state index contributed by atoms with van der Waals surface area (Å²) in [5.41, 5.74) is 0.0793. The molecule has 1 saturated carbocycles. The van der Waals surface area contributed by atoms with Gasteiger partial charge in [0.05, 0.1) is 18.5 Å². The van der Waals surface area contributed by atoms with E-state index in [1.807, 2.05) is 14.0 Å². The zero-order valence-electron chi connectivity index (χ0n) is 10.6. The highest BCUT2D eigenvalue weighted by atomic mass is 35.5. The molecule has 0 unspecified atom stereocenters. The molecule has 0 amide bonds. The molecule has 2 heterocycles. The number of aryl methyl sites for hydroxylation is 1. The third-order valence-corrected chi connectivity index (χ3v) is 4.23. The second-order valence-corrected chi connectivity index (χ2v) is 5.34. The molecule has 5 nitrogen and oxygen atoms in total. The quantitative estimate of drug-likeness (QED) is 0.629. The van der Waals surface area contributed by atoms with E-state index >= 15 is 0 Å². The number of H-pyrrole nitrogens is 1. The van der Waals surface area contributed by atoms with Crippen LogP contribution >= 0.6 is 11.6 Å². The lowest BCUT2D eigenvalue weighted by atomic mass is 9.98. The van der Waals surface area contributed by atoms with Gasteiger partial charge in [0.25, 0.3) is 17.0 Å². The summed E-state index contributed by atoms with van der Waals surface area (Å²) in [6.45, 7) is 1.81. The summed E-state index contributed by atoms with van der Waals surface area (Å²) in [5, 5.41) is 10.4. The molecule has 0 spiro atoms. The Balaban J connectivity index is 2.38. The number of pyridine rings is 1. The number of hydrogen-bond donors (Lipinski definition) is 1. The van der Waals surface area contributed by atoms with Gasteiger partial charge in [-0.1, -0.05) is 0 Å². The predicted octanol–water partition coefficient (Wildman–Crippen LogP) is 1.26. The van der Waals surface area contributed by atoms with Gasteiger partial charge in [-0.3, -0.25) is 9.78 Å². The summed E-state index contributed by atoms with van der Waals surface area (Å²) in [6.07, 6.45) is 1.45. The maximum Gasteiger partial charge on any atom is 0.298 e. The lowest BCUT2D eigenvalue weighted by molar-refractivity contribution is -0.677. The zero-order valence-corrected chi connectivity index (χ0v) is 11.4. The van der Waals surface area contributed by atoms with Crippen molar-refractivity contribution in [1.82, 2.24) is 9.97 Å². The van der Waals surface area contributed by atoms with E-state index in [1.54, 1.807) is 10.6 Å². The van der Waals surface area contributed by atoms with Crippen molar-refractivity contribution in [3.8, 4) is 6.07 Å². The smallest absolute Gasteiger partial charge is 0.285 e. The summed E-state index contributed by atoms with van der Waals surface area (Å²) in [5.74, 6) is 0.710. The van der Waals surface area contributed by atoms with E-state index in [4.69, 9.17) is 11.6 Å². The fourth-order valence-electron chi connectivity index (χ4n) is 2.25. The number of hydrogen-bond acceptors (Lipinski definition) is 3. The molecule has 1 N–H and O–H groups in total. The van der Waals surface area contributed by atoms with Crippen molar-refractivity contribution in [2.75, 3.05) is 0 Å². The normalized spacial score (nSPS) is 16.3. The Hall–Kier alpha value is -1.93. The van der Waals surface area contributed by atoms with Crippen LogP contribution in [0.15, 0.2) is 10.9 Å². The highest BCUT2D eigenvalue weighted by molar-refractivity contribution is 6.32. The van der Waals surface area contributed by atoms with Crippen LogP contribution in [0.5, 0.6) is 0 Å². The van der Waals surface area contributed by atoms with Crippen LogP contribution in [0.1, 0.15) is 24.2 Å². The molecule has 2 aromatic heterocycles. The first-order valence-electron chi connectivity index (χ1n) is 5.99. The first-order valence-corrected chi connectivity index (χ1v) is 6.37. The van der Waals surface area contributed by atoms with Crippen molar-refractivity contribution in [1.29, 1.82) is 5.26 Å². The van der Waals surface area contributed by atoms with Gasteiger partial charge in [0.2, 0.25) is 5.15 Å². The summed E-state index contributed by atoms with van der Waals surface area (Å²) >= 11 is 6.29. The van der Waals surface area contributed by atoms with Crippen LogP contribution in [0.3, 0.4) is 0 Å². The highest BCUT2D eigenvalue weighted by Gasteiger charge is 2.47. The lowest BCUT2D eigenvalue weighted by Crippen LogP contribution is -2.35. The van der Waals surface area contributed by atoms with Crippen molar-refractivity contribution in [2.45, 2.75) is 25.2 Å². The number of aromatic amines is 1. The van der Waals surface area contributed by atoms with Crippen molar-refractivity contribution >= 4 is 22.6 Å². The molecule has 0 aromatic carbocycles. The average molecular weight is 276 g/mol. The maximum atomic E-state index is 12.1. The maximum absolute atomic E-state index is 12.1. The van der Waals surface area contributed by atoms with E-state index in [-0.39, 0.29) is 5.56 Å². The number of nitriles is 1. The lowest BCUT2D eigenvalue weighted by Gasteiger charge is -2.06. The molecule has 6 heteroatoms. The molecule has 3 rings (SSSR count). The van der Waals surface area contributed by atoms with Gasteiger partial charge in [-0.15, -0.1) is 0 Å². The van der Waals surface area contributed by atoms with Gasteiger partial charge in [0.1, 0.15) is 5.39 Å². The van der Waals surface area contributed by atoms with Crippen LogP contribution in [-0.4, -0.2) is 9.97 Å². The molecule has 2 aromatic rings. The average Bonchev–Trinajstić information content (AvgIpc) is 3.16. The number of fused-ring (bicyclic) bond motifs is 1. The molecule has 1 aliphatic rings. The Morgan fingerprint density at radius 1 is 1.58 bits per heavy atom. The summed E-state index contributed by atoms with van der Waals surface area (Å²) in [7, 11) is 1.81. The van der Waals surface area contributed by atoms with Gasteiger partial charge >= 0.3 is 0 Å². The molecule has 1 fully saturated rings. The zero-order chi connectivity index (χ0) is 13.8. The van der Waals surface area contributed by atoms with Gasteiger partial charge < -0.3 is 0 Å². The van der Waals surface area contributed by atoms with Crippen LogP contribution in [0, 0.1) is 18.3 Å². The molecule has 0 bridgehead atoms. The number of halogens is 1. The van der Waals surface area contributed by atoms with Gasteiger partial charge in [-0.05, 0) is 35.5 Å². The molecule has 0 aliphatic heterocycles. The second kappa shape index (κ2) is 3.78. The third-order valence-electron chi connectivity index (χ3n) is 3.78. The molecule has 0 saturated heterocycles. The van der Waals surface area contributed by atoms with Gasteiger partial charge in [-0.25, -0.2) is 4.57 Å². The SMILES string of the molecule is Cc1nc2[nH]c(=O)c(C3(C#N)CC3)cc2c(Cl)[n+]1C. The second-order valence-electron chi connectivity index (χ2n) is 4.98. The Morgan fingerprint density at radius 3 is 2.84 bits per heavy atom. The van der Waals surface area contributed by atoms with E-state index < -0.39 is 5.41 Å². The minimum absolute atomic E-state index is 0.247. The molecule has 0 atom stereocenters.